The monoisotopic (exact) mass is 418 g/mol. The molecule has 4 aliphatic rings. The molecule has 0 aromatic carbocycles. The van der Waals surface area contributed by atoms with Gasteiger partial charge >= 0.3 is 0 Å². The Morgan fingerprint density at radius 2 is 1.60 bits per heavy atom. The molecule has 0 radical (unpaired) electrons. The first kappa shape index (κ1) is 23.1. The van der Waals surface area contributed by atoms with Crippen molar-refractivity contribution in [2.24, 2.45) is 58.2 Å². The van der Waals surface area contributed by atoms with E-state index in [0.717, 1.165) is 55.3 Å². The summed E-state index contributed by atoms with van der Waals surface area (Å²) in [5, 5.41) is 21.9. The van der Waals surface area contributed by atoms with Crippen LogP contribution in [0.3, 0.4) is 0 Å². The minimum Gasteiger partial charge on any atom is -0.393 e. The number of aliphatic hydroxyl groups excluding tert-OH is 2. The average molecular weight is 419 g/mol. The number of hydrogen-bond acceptors (Lipinski definition) is 2. The lowest BCUT2D eigenvalue weighted by Crippen LogP contribution is -2.59. The maximum atomic E-state index is 11.6. The third kappa shape index (κ3) is 3.70. The van der Waals surface area contributed by atoms with Crippen molar-refractivity contribution >= 4 is 0 Å². The van der Waals surface area contributed by atoms with Gasteiger partial charge in [0, 0.05) is 0 Å². The van der Waals surface area contributed by atoms with Crippen LogP contribution in [0.2, 0.25) is 0 Å². The van der Waals surface area contributed by atoms with Crippen LogP contribution >= 0.6 is 0 Å². The predicted octanol–water partition coefficient (Wildman–Crippen LogP) is 6.69. The van der Waals surface area contributed by atoms with E-state index in [-0.39, 0.29) is 17.6 Å². The number of aliphatic hydroxyl groups is 2. The lowest BCUT2D eigenvalue weighted by molar-refractivity contribution is -0.179. The molecule has 11 atom stereocenters. The van der Waals surface area contributed by atoms with Crippen molar-refractivity contribution in [3.05, 3.63) is 0 Å². The van der Waals surface area contributed by atoms with Gasteiger partial charge in [-0.1, -0.05) is 54.4 Å². The van der Waals surface area contributed by atoms with E-state index in [9.17, 15) is 10.2 Å². The molecule has 30 heavy (non-hydrogen) atoms. The SMILES string of the molecule is CC(C)[C@@H](C)CC[C@@H](C)[C@@H]1CC[C@@H]2[C@@H]3CC[C@H]4C[C@H](O)CC[C@]4(C)[C@@H]3[C@H](O)C[C@@]21C. The molecule has 2 nitrogen and oxygen atoms in total. The van der Waals surface area contributed by atoms with E-state index < -0.39 is 0 Å². The standard InChI is InChI=1S/C28H50O2/c1-17(2)18(3)7-8-19(4)23-11-12-24-22-10-9-20-15-21(29)13-14-27(20,5)26(22)25(30)16-28(23,24)6/h17-26,29-30H,7-16H2,1-6H3/t18-,19+,20-,21+,22-,23-,24+,25+,26-,27-,28+/m0/s1. The van der Waals surface area contributed by atoms with Crippen LogP contribution in [-0.2, 0) is 0 Å². The average Bonchev–Trinajstić information content (AvgIpc) is 3.02. The second kappa shape index (κ2) is 8.36. The summed E-state index contributed by atoms with van der Waals surface area (Å²) < 4.78 is 0. The third-order valence-electron chi connectivity index (χ3n) is 11.5. The molecule has 2 heteroatoms. The van der Waals surface area contributed by atoms with Gasteiger partial charge in [-0.2, -0.15) is 0 Å². The summed E-state index contributed by atoms with van der Waals surface area (Å²) in [5.74, 6) is 5.78. The quantitative estimate of drug-likeness (QED) is 0.522. The highest BCUT2D eigenvalue weighted by Gasteiger charge is 2.63. The van der Waals surface area contributed by atoms with Gasteiger partial charge in [-0.05, 0) is 110 Å². The van der Waals surface area contributed by atoms with Gasteiger partial charge in [-0.25, -0.2) is 0 Å². The van der Waals surface area contributed by atoms with Gasteiger partial charge in [0.1, 0.15) is 0 Å². The van der Waals surface area contributed by atoms with Crippen LogP contribution in [-0.4, -0.2) is 22.4 Å². The molecule has 4 fully saturated rings. The van der Waals surface area contributed by atoms with Gasteiger partial charge < -0.3 is 10.2 Å². The van der Waals surface area contributed by atoms with Crippen LogP contribution in [0.25, 0.3) is 0 Å². The van der Waals surface area contributed by atoms with Gasteiger partial charge in [0.25, 0.3) is 0 Å². The highest BCUT2D eigenvalue weighted by Crippen LogP contribution is 2.68. The molecule has 0 aromatic heterocycles. The van der Waals surface area contributed by atoms with E-state index >= 15 is 0 Å². The van der Waals surface area contributed by atoms with Crippen LogP contribution in [0, 0.1) is 58.2 Å². The fourth-order valence-corrected chi connectivity index (χ4v) is 9.39. The fraction of sp³-hybridized carbons (Fsp3) is 1.00. The number of hydrogen-bond donors (Lipinski definition) is 2. The summed E-state index contributed by atoms with van der Waals surface area (Å²) in [5.41, 5.74) is 0.581. The molecule has 0 aromatic rings. The first-order valence-corrected chi connectivity index (χ1v) is 13.4. The number of fused-ring (bicyclic) bond motifs is 5. The van der Waals surface area contributed by atoms with Crippen molar-refractivity contribution in [1.82, 2.24) is 0 Å². The van der Waals surface area contributed by atoms with E-state index in [0.29, 0.717) is 23.2 Å². The zero-order chi connectivity index (χ0) is 21.8. The molecule has 4 saturated carbocycles. The smallest absolute Gasteiger partial charge is 0.0581 e. The molecule has 174 valence electrons. The Balaban J connectivity index is 1.51. The summed E-state index contributed by atoms with van der Waals surface area (Å²) in [6, 6.07) is 0. The summed E-state index contributed by atoms with van der Waals surface area (Å²) in [6.45, 7) is 14.7. The van der Waals surface area contributed by atoms with Crippen molar-refractivity contribution < 1.29 is 10.2 Å². The van der Waals surface area contributed by atoms with Crippen molar-refractivity contribution in [3.63, 3.8) is 0 Å². The van der Waals surface area contributed by atoms with Crippen LogP contribution in [0.4, 0.5) is 0 Å². The Hall–Kier alpha value is -0.0800. The molecule has 4 rings (SSSR count). The van der Waals surface area contributed by atoms with Crippen molar-refractivity contribution in [3.8, 4) is 0 Å². The van der Waals surface area contributed by atoms with Gasteiger partial charge in [0.05, 0.1) is 12.2 Å². The zero-order valence-electron chi connectivity index (χ0n) is 20.7. The summed E-state index contributed by atoms with van der Waals surface area (Å²) in [7, 11) is 0. The van der Waals surface area contributed by atoms with Crippen LogP contribution < -0.4 is 0 Å². The normalized spacial score (nSPS) is 50.5. The number of rotatable bonds is 5. The molecule has 4 aliphatic carbocycles. The van der Waals surface area contributed by atoms with Gasteiger partial charge in [-0.3, -0.25) is 0 Å². The van der Waals surface area contributed by atoms with E-state index in [1.165, 1.54) is 38.5 Å². The van der Waals surface area contributed by atoms with E-state index in [2.05, 4.69) is 41.5 Å². The Kier molecular flexibility index (Phi) is 6.44. The molecule has 0 amide bonds. The van der Waals surface area contributed by atoms with Crippen molar-refractivity contribution in [2.45, 2.75) is 118 Å². The first-order valence-electron chi connectivity index (χ1n) is 13.4. The lowest BCUT2D eigenvalue weighted by atomic mass is 9.43. The highest BCUT2D eigenvalue weighted by molar-refractivity contribution is 5.12. The minimum atomic E-state index is -0.137. The van der Waals surface area contributed by atoms with Crippen LogP contribution in [0.5, 0.6) is 0 Å². The van der Waals surface area contributed by atoms with Gasteiger partial charge in [-0.15, -0.1) is 0 Å². The molecular weight excluding hydrogens is 368 g/mol. The second-order valence-corrected chi connectivity index (χ2v) is 13.2. The van der Waals surface area contributed by atoms with Crippen LogP contribution in [0.1, 0.15) is 106 Å². The first-order chi connectivity index (χ1) is 14.1. The maximum Gasteiger partial charge on any atom is 0.0581 e. The molecule has 0 bridgehead atoms. The molecule has 0 saturated heterocycles. The van der Waals surface area contributed by atoms with Gasteiger partial charge in [0.2, 0.25) is 0 Å². The van der Waals surface area contributed by atoms with E-state index in [1.807, 2.05) is 0 Å². The fourth-order valence-electron chi connectivity index (χ4n) is 9.39. The largest absolute Gasteiger partial charge is 0.393 e. The van der Waals surface area contributed by atoms with E-state index in [4.69, 9.17) is 0 Å². The van der Waals surface area contributed by atoms with Gasteiger partial charge in [0.15, 0.2) is 0 Å². The van der Waals surface area contributed by atoms with Crippen molar-refractivity contribution in [1.29, 1.82) is 0 Å². The minimum absolute atomic E-state index is 0.101. The molecule has 2 N–H and O–H groups in total. The molecule has 0 heterocycles. The Bertz CT molecular complexity index is 601. The topological polar surface area (TPSA) is 40.5 Å². The molecule has 0 unspecified atom stereocenters. The lowest BCUT2D eigenvalue weighted by Gasteiger charge is -2.62. The third-order valence-corrected chi connectivity index (χ3v) is 11.5. The molecular formula is C28H50O2. The Morgan fingerprint density at radius 3 is 2.30 bits per heavy atom. The zero-order valence-corrected chi connectivity index (χ0v) is 20.7. The highest BCUT2D eigenvalue weighted by atomic mass is 16.3. The summed E-state index contributed by atoms with van der Waals surface area (Å²) in [4.78, 5) is 0. The summed E-state index contributed by atoms with van der Waals surface area (Å²) >= 11 is 0. The predicted molar refractivity (Wildman–Crippen MR) is 125 cm³/mol. The van der Waals surface area contributed by atoms with Crippen molar-refractivity contribution in [2.75, 3.05) is 0 Å². The molecule has 0 spiro atoms. The Labute approximate surface area is 186 Å². The van der Waals surface area contributed by atoms with E-state index in [1.54, 1.807) is 0 Å². The summed E-state index contributed by atoms with van der Waals surface area (Å²) in [6.07, 6.45) is 11.9. The molecule has 0 aliphatic heterocycles. The Morgan fingerprint density at radius 1 is 0.867 bits per heavy atom. The van der Waals surface area contributed by atoms with Crippen LogP contribution in [0.15, 0.2) is 0 Å². The second-order valence-electron chi connectivity index (χ2n) is 13.2. The maximum absolute atomic E-state index is 11.6.